The Hall–Kier alpha value is -1.60. The highest BCUT2D eigenvalue weighted by molar-refractivity contribution is 7.89. The molecular formula is C19H24ClNO4S. The van der Waals surface area contributed by atoms with E-state index in [1.54, 1.807) is 30.3 Å². The number of aliphatic hydroxyl groups excluding tert-OH is 1. The Kier molecular flexibility index (Phi) is 7.46. The highest BCUT2D eigenvalue weighted by atomic mass is 35.5. The van der Waals surface area contributed by atoms with Gasteiger partial charge in [0.1, 0.15) is 16.7 Å². The van der Waals surface area contributed by atoms with Crippen molar-refractivity contribution in [1.29, 1.82) is 0 Å². The first-order valence-corrected chi connectivity index (χ1v) is 10.5. The summed E-state index contributed by atoms with van der Waals surface area (Å²) in [6.07, 6.45) is 3.56. The lowest BCUT2D eigenvalue weighted by atomic mass is 10.0. The summed E-state index contributed by atoms with van der Waals surface area (Å²) in [5.41, 5.74) is 1.01. The number of hydrogen-bond acceptors (Lipinski definition) is 4. The second-order valence-electron chi connectivity index (χ2n) is 6.12. The quantitative estimate of drug-likeness (QED) is 0.625. The van der Waals surface area contributed by atoms with Crippen molar-refractivity contribution in [3.63, 3.8) is 0 Å². The van der Waals surface area contributed by atoms with Gasteiger partial charge >= 0.3 is 0 Å². The molecule has 0 aliphatic rings. The van der Waals surface area contributed by atoms with E-state index >= 15 is 0 Å². The predicted octanol–water partition coefficient (Wildman–Crippen LogP) is 4.03. The molecule has 142 valence electrons. The van der Waals surface area contributed by atoms with Gasteiger partial charge in [-0.15, -0.1) is 0 Å². The number of halogens is 1. The first-order chi connectivity index (χ1) is 12.3. The Morgan fingerprint density at radius 3 is 2.35 bits per heavy atom. The number of primary sulfonamides is 1. The maximum Gasteiger partial charge on any atom is 0.239 e. The molecule has 1 atom stereocenters. The fourth-order valence-electron chi connectivity index (χ4n) is 2.57. The molecule has 2 rings (SSSR count). The van der Waals surface area contributed by atoms with Crippen LogP contribution < -0.4 is 9.88 Å². The molecule has 26 heavy (non-hydrogen) atoms. The Balaban J connectivity index is 2.07. The number of aliphatic hydroxyl groups is 1. The lowest BCUT2D eigenvalue weighted by Crippen LogP contribution is -2.13. The average Bonchev–Trinajstić information content (AvgIpc) is 2.61. The summed E-state index contributed by atoms with van der Waals surface area (Å²) in [6, 6.07) is 11.3. The van der Waals surface area contributed by atoms with Crippen molar-refractivity contribution >= 4 is 21.6 Å². The van der Waals surface area contributed by atoms with Crippen LogP contribution in [0.3, 0.4) is 0 Å². The van der Waals surface area contributed by atoms with E-state index in [0.717, 1.165) is 18.6 Å². The summed E-state index contributed by atoms with van der Waals surface area (Å²) < 4.78 is 28.8. The summed E-state index contributed by atoms with van der Waals surface area (Å²) >= 11 is 5.88. The summed E-state index contributed by atoms with van der Waals surface area (Å²) in [4.78, 5) is -0.206. The Labute approximate surface area is 159 Å². The van der Waals surface area contributed by atoms with Gasteiger partial charge in [-0.25, -0.2) is 13.6 Å². The molecule has 0 spiro atoms. The standard InChI is InChI=1S/C19H24ClNO4S/c1-2-3-4-5-12-25-16-9-6-14(7-10-16)19(22)15-8-11-17(20)18(13-15)26(21,23)24/h6-11,13,19,22H,2-5,12H2,1H3,(H2,21,23,24). The van der Waals surface area contributed by atoms with Crippen LogP contribution in [0.4, 0.5) is 0 Å². The SMILES string of the molecule is CCCCCCOc1ccc(C(O)c2ccc(Cl)c(S(N)(=O)=O)c2)cc1. The minimum absolute atomic E-state index is 0.0234. The maximum atomic E-state index is 11.6. The molecule has 2 aromatic carbocycles. The summed E-state index contributed by atoms with van der Waals surface area (Å²) in [5, 5.41) is 15.7. The topological polar surface area (TPSA) is 89.6 Å². The van der Waals surface area contributed by atoms with Crippen molar-refractivity contribution in [2.24, 2.45) is 5.14 Å². The van der Waals surface area contributed by atoms with Gasteiger partial charge in [0, 0.05) is 0 Å². The monoisotopic (exact) mass is 397 g/mol. The molecule has 2 aromatic rings. The molecule has 5 nitrogen and oxygen atoms in total. The Morgan fingerprint density at radius 2 is 1.73 bits per heavy atom. The molecule has 7 heteroatoms. The van der Waals surface area contributed by atoms with Crippen molar-refractivity contribution in [2.45, 2.75) is 43.6 Å². The van der Waals surface area contributed by atoms with Crippen LogP contribution in [0.1, 0.15) is 49.8 Å². The zero-order chi connectivity index (χ0) is 19.2. The smallest absolute Gasteiger partial charge is 0.239 e. The number of benzene rings is 2. The molecule has 0 saturated heterocycles. The lowest BCUT2D eigenvalue weighted by molar-refractivity contribution is 0.220. The number of unbranched alkanes of at least 4 members (excludes halogenated alkanes) is 3. The van der Waals surface area contributed by atoms with Crippen molar-refractivity contribution in [3.8, 4) is 5.75 Å². The molecule has 0 bridgehead atoms. The zero-order valence-corrected chi connectivity index (χ0v) is 16.3. The van der Waals surface area contributed by atoms with Gasteiger partial charge < -0.3 is 9.84 Å². The molecule has 0 aromatic heterocycles. The predicted molar refractivity (Wildman–Crippen MR) is 103 cm³/mol. The van der Waals surface area contributed by atoms with Crippen molar-refractivity contribution in [1.82, 2.24) is 0 Å². The first-order valence-electron chi connectivity index (χ1n) is 8.56. The molecule has 0 aliphatic carbocycles. The van der Waals surface area contributed by atoms with E-state index in [2.05, 4.69) is 6.92 Å². The van der Waals surface area contributed by atoms with E-state index in [9.17, 15) is 13.5 Å². The highest BCUT2D eigenvalue weighted by Gasteiger charge is 2.17. The summed E-state index contributed by atoms with van der Waals surface area (Å²) in [5.74, 6) is 0.735. The Bertz CT molecular complexity index is 822. The summed E-state index contributed by atoms with van der Waals surface area (Å²) in [6.45, 7) is 2.83. The first kappa shape index (κ1) is 20.7. The van der Waals surface area contributed by atoms with Gasteiger partial charge in [0.15, 0.2) is 0 Å². The van der Waals surface area contributed by atoms with Crippen LogP contribution >= 0.6 is 11.6 Å². The second kappa shape index (κ2) is 9.37. The van der Waals surface area contributed by atoms with Gasteiger partial charge in [0.2, 0.25) is 10.0 Å². The molecule has 0 amide bonds. The van der Waals surface area contributed by atoms with Gasteiger partial charge in [-0.3, -0.25) is 0 Å². The molecule has 0 aliphatic heterocycles. The molecular weight excluding hydrogens is 374 g/mol. The van der Waals surface area contributed by atoms with Crippen LogP contribution in [-0.2, 0) is 10.0 Å². The number of nitrogens with two attached hydrogens (primary N) is 1. The lowest BCUT2D eigenvalue weighted by Gasteiger charge is -2.14. The normalized spacial score (nSPS) is 12.8. The highest BCUT2D eigenvalue weighted by Crippen LogP contribution is 2.29. The van der Waals surface area contributed by atoms with E-state index < -0.39 is 16.1 Å². The van der Waals surface area contributed by atoms with Crippen LogP contribution in [-0.4, -0.2) is 20.1 Å². The minimum Gasteiger partial charge on any atom is -0.494 e. The molecule has 3 N–H and O–H groups in total. The van der Waals surface area contributed by atoms with Gasteiger partial charge in [0.05, 0.1) is 11.6 Å². The minimum atomic E-state index is -3.96. The average molecular weight is 398 g/mol. The third-order valence-electron chi connectivity index (χ3n) is 4.04. The van der Waals surface area contributed by atoms with Gasteiger partial charge in [-0.2, -0.15) is 0 Å². The van der Waals surface area contributed by atoms with Crippen molar-refractivity contribution < 1.29 is 18.3 Å². The van der Waals surface area contributed by atoms with E-state index in [1.807, 2.05) is 0 Å². The molecule has 1 unspecified atom stereocenters. The van der Waals surface area contributed by atoms with Crippen LogP contribution in [0.15, 0.2) is 47.4 Å². The maximum absolute atomic E-state index is 11.6. The number of rotatable bonds is 9. The fourth-order valence-corrected chi connectivity index (χ4v) is 3.65. The van der Waals surface area contributed by atoms with Crippen LogP contribution in [0.25, 0.3) is 0 Å². The van der Waals surface area contributed by atoms with Gasteiger partial charge in [-0.1, -0.05) is 56.0 Å². The third-order valence-corrected chi connectivity index (χ3v) is 5.43. The van der Waals surface area contributed by atoms with E-state index in [1.165, 1.54) is 25.0 Å². The van der Waals surface area contributed by atoms with Crippen molar-refractivity contribution in [3.05, 3.63) is 58.6 Å². The Morgan fingerprint density at radius 1 is 1.08 bits per heavy atom. The van der Waals surface area contributed by atoms with Crippen LogP contribution in [0, 0.1) is 0 Å². The van der Waals surface area contributed by atoms with Gasteiger partial charge in [0.25, 0.3) is 0 Å². The van der Waals surface area contributed by atoms with Crippen molar-refractivity contribution in [2.75, 3.05) is 6.61 Å². The van der Waals surface area contributed by atoms with Crippen LogP contribution in [0.5, 0.6) is 5.75 Å². The second-order valence-corrected chi connectivity index (χ2v) is 8.05. The van der Waals surface area contributed by atoms with E-state index in [0.29, 0.717) is 17.7 Å². The van der Waals surface area contributed by atoms with E-state index in [-0.39, 0.29) is 9.92 Å². The van der Waals surface area contributed by atoms with Crippen LogP contribution in [0.2, 0.25) is 5.02 Å². The number of ether oxygens (including phenoxy) is 1. The van der Waals surface area contributed by atoms with Gasteiger partial charge in [-0.05, 0) is 41.8 Å². The third kappa shape index (κ3) is 5.71. The zero-order valence-electron chi connectivity index (χ0n) is 14.7. The number of sulfonamides is 1. The number of hydrogen-bond donors (Lipinski definition) is 2. The molecule has 0 radical (unpaired) electrons. The largest absolute Gasteiger partial charge is 0.494 e. The molecule has 0 fully saturated rings. The van der Waals surface area contributed by atoms with E-state index in [4.69, 9.17) is 21.5 Å². The fraction of sp³-hybridized carbons (Fsp3) is 0.368. The molecule has 0 heterocycles. The summed E-state index contributed by atoms with van der Waals surface area (Å²) in [7, 11) is -3.96. The molecule has 0 saturated carbocycles.